The molecule has 0 unspecified atom stereocenters. The van der Waals surface area contributed by atoms with Crippen LogP contribution in [0.15, 0.2) is 0 Å². The van der Waals surface area contributed by atoms with Crippen LogP contribution in [0, 0.1) is 0 Å². The van der Waals surface area contributed by atoms with E-state index in [0.717, 1.165) is 25.9 Å². The lowest BCUT2D eigenvalue weighted by Gasteiger charge is -2.23. The molecule has 2 fully saturated rings. The molecule has 2 rings (SSSR count). The topological polar surface area (TPSA) is 53.2 Å². The fraction of sp³-hybridized carbons (Fsp3) is 0.900. The molecule has 1 saturated heterocycles. The van der Waals surface area contributed by atoms with Gasteiger partial charge >= 0.3 is 0 Å². The summed E-state index contributed by atoms with van der Waals surface area (Å²) in [7, 11) is 0. The summed E-state index contributed by atoms with van der Waals surface area (Å²) in [6.45, 7) is 2.63. The molecule has 4 heteroatoms. The van der Waals surface area contributed by atoms with E-state index in [1.54, 1.807) is 0 Å². The van der Waals surface area contributed by atoms with Crippen molar-refractivity contribution in [3.8, 4) is 0 Å². The Morgan fingerprint density at radius 3 is 2.50 bits per heavy atom. The highest BCUT2D eigenvalue weighted by atomic mass is 16.2. The van der Waals surface area contributed by atoms with Crippen molar-refractivity contribution in [1.82, 2.24) is 16.0 Å². The van der Waals surface area contributed by atoms with E-state index in [0.29, 0.717) is 18.6 Å². The molecule has 0 radical (unpaired) electrons. The summed E-state index contributed by atoms with van der Waals surface area (Å²) in [4.78, 5) is 11.3. The minimum atomic E-state index is 0.158. The van der Waals surface area contributed by atoms with Crippen LogP contribution >= 0.6 is 0 Å². The number of carbonyl (C=O) groups excluding carboxylic acids is 1. The molecule has 1 aliphatic heterocycles. The molecular weight excluding hydrogens is 178 g/mol. The molecule has 14 heavy (non-hydrogen) atoms. The molecule has 80 valence electrons. The quantitative estimate of drug-likeness (QED) is 0.575. The summed E-state index contributed by atoms with van der Waals surface area (Å²) in [5, 5.41) is 9.58. The summed E-state index contributed by atoms with van der Waals surface area (Å²) in [5.74, 6) is 0.158. The lowest BCUT2D eigenvalue weighted by Crippen LogP contribution is -2.44. The average Bonchev–Trinajstić information content (AvgIpc) is 3.00. The maximum atomic E-state index is 11.3. The molecule has 0 atom stereocenters. The number of carbonyl (C=O) groups is 1. The highest BCUT2D eigenvalue weighted by Gasteiger charge is 2.23. The Balaban J connectivity index is 1.57. The summed E-state index contributed by atoms with van der Waals surface area (Å²) in [6, 6.07) is 1.01. The number of hydrogen-bond donors (Lipinski definition) is 3. The van der Waals surface area contributed by atoms with Gasteiger partial charge in [0, 0.05) is 12.1 Å². The van der Waals surface area contributed by atoms with Crippen LogP contribution in [0.1, 0.15) is 25.7 Å². The average molecular weight is 197 g/mol. The molecule has 0 aromatic carbocycles. The number of nitrogens with one attached hydrogen (secondary N) is 3. The number of rotatable bonds is 4. The normalized spacial score (nSPS) is 23.4. The zero-order valence-corrected chi connectivity index (χ0v) is 8.51. The third kappa shape index (κ3) is 3.27. The zero-order chi connectivity index (χ0) is 9.80. The number of hydrogen-bond acceptors (Lipinski definition) is 3. The fourth-order valence-electron chi connectivity index (χ4n) is 1.77. The first-order valence-electron chi connectivity index (χ1n) is 5.58. The number of piperidine rings is 1. The molecule has 1 heterocycles. The maximum Gasteiger partial charge on any atom is 0.234 e. The van der Waals surface area contributed by atoms with Crippen LogP contribution in [0.2, 0.25) is 0 Å². The molecule has 1 aliphatic carbocycles. The van der Waals surface area contributed by atoms with E-state index in [1.807, 2.05) is 0 Å². The van der Waals surface area contributed by atoms with Gasteiger partial charge in [0.05, 0.1) is 6.54 Å². The van der Waals surface area contributed by atoms with Gasteiger partial charge in [0.1, 0.15) is 0 Å². The van der Waals surface area contributed by atoms with Crippen molar-refractivity contribution in [2.24, 2.45) is 0 Å². The van der Waals surface area contributed by atoms with Crippen LogP contribution in [0.3, 0.4) is 0 Å². The summed E-state index contributed by atoms with van der Waals surface area (Å²) >= 11 is 0. The second kappa shape index (κ2) is 4.75. The van der Waals surface area contributed by atoms with Gasteiger partial charge in [0.25, 0.3) is 0 Å². The smallest absolute Gasteiger partial charge is 0.234 e. The Morgan fingerprint density at radius 2 is 1.86 bits per heavy atom. The Kier molecular flexibility index (Phi) is 3.37. The predicted molar refractivity (Wildman–Crippen MR) is 55.1 cm³/mol. The van der Waals surface area contributed by atoms with E-state index < -0.39 is 0 Å². The molecule has 0 aromatic rings. The minimum Gasteiger partial charge on any atom is -0.352 e. The summed E-state index contributed by atoms with van der Waals surface area (Å²) in [5.41, 5.74) is 0. The van der Waals surface area contributed by atoms with Crippen molar-refractivity contribution in [3.05, 3.63) is 0 Å². The van der Waals surface area contributed by atoms with E-state index in [2.05, 4.69) is 16.0 Å². The Hall–Kier alpha value is -0.610. The molecule has 1 saturated carbocycles. The Bertz CT molecular complexity index is 198. The lowest BCUT2D eigenvalue weighted by atomic mass is 10.1. The monoisotopic (exact) mass is 197 g/mol. The molecule has 1 amide bonds. The summed E-state index contributed by atoms with van der Waals surface area (Å²) < 4.78 is 0. The van der Waals surface area contributed by atoms with E-state index in [9.17, 15) is 4.79 Å². The standard InChI is InChI=1S/C10H19N3O/c14-10(13-9-1-2-9)7-12-8-3-5-11-6-4-8/h8-9,11-12H,1-7H2,(H,13,14). The second-order valence-electron chi connectivity index (χ2n) is 4.25. The maximum absolute atomic E-state index is 11.3. The Morgan fingerprint density at radius 1 is 1.14 bits per heavy atom. The van der Waals surface area contributed by atoms with Gasteiger partial charge in [0.2, 0.25) is 5.91 Å². The largest absolute Gasteiger partial charge is 0.352 e. The number of amides is 1. The van der Waals surface area contributed by atoms with Gasteiger partial charge in [-0.2, -0.15) is 0 Å². The SMILES string of the molecule is O=C(CNC1CCNCC1)NC1CC1. The van der Waals surface area contributed by atoms with Crippen molar-refractivity contribution in [2.75, 3.05) is 19.6 Å². The van der Waals surface area contributed by atoms with Crippen molar-refractivity contribution in [3.63, 3.8) is 0 Å². The van der Waals surface area contributed by atoms with E-state index in [1.165, 1.54) is 12.8 Å². The molecule has 0 spiro atoms. The third-order valence-electron chi connectivity index (χ3n) is 2.83. The second-order valence-corrected chi connectivity index (χ2v) is 4.25. The van der Waals surface area contributed by atoms with E-state index in [-0.39, 0.29) is 5.91 Å². The van der Waals surface area contributed by atoms with Gasteiger partial charge in [0.15, 0.2) is 0 Å². The molecular formula is C10H19N3O. The van der Waals surface area contributed by atoms with Crippen molar-refractivity contribution in [2.45, 2.75) is 37.8 Å². The Labute approximate surface area is 84.8 Å². The van der Waals surface area contributed by atoms with Crippen molar-refractivity contribution >= 4 is 5.91 Å². The van der Waals surface area contributed by atoms with Crippen LogP contribution in [0.4, 0.5) is 0 Å². The van der Waals surface area contributed by atoms with E-state index >= 15 is 0 Å². The fourth-order valence-corrected chi connectivity index (χ4v) is 1.77. The first kappa shape index (κ1) is 9.93. The van der Waals surface area contributed by atoms with Crippen molar-refractivity contribution < 1.29 is 4.79 Å². The first-order chi connectivity index (χ1) is 6.84. The van der Waals surface area contributed by atoms with Gasteiger partial charge in [-0.25, -0.2) is 0 Å². The van der Waals surface area contributed by atoms with Crippen LogP contribution in [-0.4, -0.2) is 37.6 Å². The van der Waals surface area contributed by atoms with Crippen LogP contribution < -0.4 is 16.0 Å². The highest BCUT2D eigenvalue weighted by Crippen LogP contribution is 2.18. The molecule has 0 bridgehead atoms. The van der Waals surface area contributed by atoms with Gasteiger partial charge in [-0.15, -0.1) is 0 Å². The zero-order valence-electron chi connectivity index (χ0n) is 8.51. The van der Waals surface area contributed by atoms with Gasteiger partial charge in [-0.05, 0) is 38.8 Å². The molecule has 0 aromatic heterocycles. The lowest BCUT2D eigenvalue weighted by molar-refractivity contribution is -0.120. The molecule has 2 aliphatic rings. The summed E-state index contributed by atoms with van der Waals surface area (Å²) in [6.07, 6.45) is 4.60. The van der Waals surface area contributed by atoms with Crippen LogP contribution in [0.5, 0.6) is 0 Å². The van der Waals surface area contributed by atoms with Crippen molar-refractivity contribution in [1.29, 1.82) is 0 Å². The van der Waals surface area contributed by atoms with E-state index in [4.69, 9.17) is 0 Å². The third-order valence-corrected chi connectivity index (χ3v) is 2.83. The van der Waals surface area contributed by atoms with Gasteiger partial charge < -0.3 is 16.0 Å². The molecule has 3 N–H and O–H groups in total. The first-order valence-corrected chi connectivity index (χ1v) is 5.58. The highest BCUT2D eigenvalue weighted by molar-refractivity contribution is 5.78. The molecule has 4 nitrogen and oxygen atoms in total. The van der Waals surface area contributed by atoms with Gasteiger partial charge in [-0.1, -0.05) is 0 Å². The van der Waals surface area contributed by atoms with Crippen LogP contribution in [0.25, 0.3) is 0 Å². The van der Waals surface area contributed by atoms with Gasteiger partial charge in [-0.3, -0.25) is 4.79 Å². The van der Waals surface area contributed by atoms with Crippen LogP contribution in [-0.2, 0) is 4.79 Å². The minimum absolute atomic E-state index is 0.158. The predicted octanol–water partition coefficient (Wildman–Crippen LogP) is -0.393.